The summed E-state index contributed by atoms with van der Waals surface area (Å²) in [6.45, 7) is 2.62. The molecule has 2 unspecified atom stereocenters. The van der Waals surface area contributed by atoms with Crippen LogP contribution in [-0.2, 0) is 22.5 Å². The van der Waals surface area contributed by atoms with Crippen LogP contribution in [0, 0.1) is 5.82 Å². The van der Waals surface area contributed by atoms with E-state index in [-0.39, 0.29) is 30.2 Å². The zero-order valence-electron chi connectivity index (χ0n) is 13.8. The Bertz CT molecular complexity index is 661. The van der Waals surface area contributed by atoms with Crippen molar-refractivity contribution in [1.29, 1.82) is 0 Å². The SMILES string of the molecule is CC1CCC(CCC(=O)N2CCc3c(F)ccc(C(=O)O)c3C2)O1. The lowest BCUT2D eigenvalue weighted by molar-refractivity contribution is -0.132. The van der Waals surface area contributed by atoms with Gasteiger partial charge in [-0.25, -0.2) is 9.18 Å². The molecule has 0 aromatic heterocycles. The van der Waals surface area contributed by atoms with Crippen molar-refractivity contribution in [3.8, 4) is 0 Å². The highest BCUT2D eigenvalue weighted by atomic mass is 19.1. The second kappa shape index (κ2) is 6.89. The quantitative estimate of drug-likeness (QED) is 0.919. The first kappa shape index (κ1) is 16.9. The maximum Gasteiger partial charge on any atom is 0.336 e. The smallest absolute Gasteiger partial charge is 0.336 e. The summed E-state index contributed by atoms with van der Waals surface area (Å²) in [6, 6.07) is 2.47. The fourth-order valence-corrected chi connectivity index (χ4v) is 3.59. The van der Waals surface area contributed by atoms with Crippen LogP contribution < -0.4 is 0 Å². The number of hydrogen-bond acceptors (Lipinski definition) is 3. The molecule has 1 N–H and O–H groups in total. The predicted octanol–water partition coefficient (Wildman–Crippen LogP) is 2.76. The van der Waals surface area contributed by atoms with Gasteiger partial charge >= 0.3 is 5.97 Å². The predicted molar refractivity (Wildman–Crippen MR) is 85.3 cm³/mol. The number of carboxylic acid groups (broad SMARTS) is 1. The Morgan fingerprint density at radius 2 is 2.12 bits per heavy atom. The molecule has 1 aromatic carbocycles. The minimum Gasteiger partial charge on any atom is -0.478 e. The van der Waals surface area contributed by atoms with Crippen molar-refractivity contribution in [3.63, 3.8) is 0 Å². The molecule has 24 heavy (non-hydrogen) atoms. The summed E-state index contributed by atoms with van der Waals surface area (Å²) < 4.78 is 19.6. The van der Waals surface area contributed by atoms with Crippen LogP contribution in [0.3, 0.4) is 0 Å². The third-order valence-electron chi connectivity index (χ3n) is 4.94. The molecule has 2 atom stereocenters. The number of ether oxygens (including phenoxy) is 1. The molecule has 5 nitrogen and oxygen atoms in total. The number of carbonyl (C=O) groups is 2. The lowest BCUT2D eigenvalue weighted by Gasteiger charge is -2.30. The van der Waals surface area contributed by atoms with Crippen molar-refractivity contribution in [2.45, 2.75) is 57.8 Å². The van der Waals surface area contributed by atoms with E-state index in [1.165, 1.54) is 12.1 Å². The highest BCUT2D eigenvalue weighted by Crippen LogP contribution is 2.27. The number of nitrogens with zero attached hydrogens (tertiary/aromatic N) is 1. The molecule has 0 aliphatic carbocycles. The number of rotatable bonds is 4. The highest BCUT2D eigenvalue weighted by molar-refractivity contribution is 5.90. The van der Waals surface area contributed by atoms with E-state index < -0.39 is 11.8 Å². The molecule has 0 bridgehead atoms. The molecule has 0 spiro atoms. The Kier molecular flexibility index (Phi) is 4.85. The number of hydrogen-bond donors (Lipinski definition) is 1. The maximum absolute atomic E-state index is 13.9. The first-order valence-corrected chi connectivity index (χ1v) is 8.42. The van der Waals surface area contributed by atoms with Gasteiger partial charge in [0, 0.05) is 19.5 Å². The first-order valence-electron chi connectivity index (χ1n) is 8.42. The van der Waals surface area contributed by atoms with Gasteiger partial charge in [0.15, 0.2) is 0 Å². The molecule has 0 saturated carbocycles. The Morgan fingerprint density at radius 1 is 1.33 bits per heavy atom. The Balaban J connectivity index is 1.67. The van der Waals surface area contributed by atoms with Gasteiger partial charge in [-0.05, 0) is 55.9 Å². The summed E-state index contributed by atoms with van der Waals surface area (Å²) >= 11 is 0. The maximum atomic E-state index is 13.9. The van der Waals surface area contributed by atoms with Gasteiger partial charge in [-0.3, -0.25) is 4.79 Å². The van der Waals surface area contributed by atoms with Crippen LogP contribution in [0.5, 0.6) is 0 Å². The zero-order chi connectivity index (χ0) is 17.3. The van der Waals surface area contributed by atoms with Crippen molar-refractivity contribution in [1.82, 2.24) is 4.90 Å². The van der Waals surface area contributed by atoms with Gasteiger partial charge in [0.25, 0.3) is 0 Å². The van der Waals surface area contributed by atoms with E-state index in [0.717, 1.165) is 12.8 Å². The largest absolute Gasteiger partial charge is 0.478 e. The van der Waals surface area contributed by atoms with Crippen LogP contribution >= 0.6 is 0 Å². The number of fused-ring (bicyclic) bond motifs is 1. The fraction of sp³-hybridized carbons (Fsp3) is 0.556. The normalized spacial score (nSPS) is 23.2. The number of aromatic carboxylic acids is 1. The average molecular weight is 335 g/mol. The Hall–Kier alpha value is -1.95. The van der Waals surface area contributed by atoms with Crippen LogP contribution in [0.2, 0.25) is 0 Å². The van der Waals surface area contributed by atoms with Gasteiger partial charge < -0.3 is 14.7 Å². The molecule has 1 saturated heterocycles. The van der Waals surface area contributed by atoms with Crippen molar-refractivity contribution in [3.05, 3.63) is 34.6 Å². The molecule has 1 amide bonds. The third kappa shape index (κ3) is 3.43. The van der Waals surface area contributed by atoms with Crippen molar-refractivity contribution in [2.75, 3.05) is 6.54 Å². The second-order valence-electron chi connectivity index (χ2n) is 6.61. The number of amides is 1. The summed E-state index contributed by atoms with van der Waals surface area (Å²) in [5.74, 6) is -1.51. The lowest BCUT2D eigenvalue weighted by Crippen LogP contribution is -2.37. The van der Waals surface area contributed by atoms with Gasteiger partial charge in [-0.15, -0.1) is 0 Å². The summed E-state index contributed by atoms with van der Waals surface area (Å²) in [4.78, 5) is 25.4. The van der Waals surface area contributed by atoms with Crippen molar-refractivity contribution < 1.29 is 23.8 Å². The summed E-state index contributed by atoms with van der Waals surface area (Å²) in [7, 11) is 0. The highest BCUT2D eigenvalue weighted by Gasteiger charge is 2.28. The van der Waals surface area contributed by atoms with E-state index in [9.17, 15) is 19.1 Å². The summed E-state index contributed by atoms with van der Waals surface area (Å²) in [6.07, 6.45) is 3.81. The molecular weight excluding hydrogens is 313 g/mol. The third-order valence-corrected chi connectivity index (χ3v) is 4.94. The van der Waals surface area contributed by atoms with Gasteiger partial charge in [0.1, 0.15) is 5.82 Å². The molecule has 1 fully saturated rings. The fourth-order valence-electron chi connectivity index (χ4n) is 3.59. The summed E-state index contributed by atoms with van der Waals surface area (Å²) in [5, 5.41) is 9.29. The van der Waals surface area contributed by atoms with E-state index in [4.69, 9.17) is 4.74 Å². The van der Waals surface area contributed by atoms with E-state index in [1.807, 2.05) is 6.92 Å². The lowest BCUT2D eigenvalue weighted by atomic mass is 9.94. The number of benzene rings is 1. The van der Waals surface area contributed by atoms with Crippen molar-refractivity contribution in [2.24, 2.45) is 0 Å². The van der Waals surface area contributed by atoms with Crippen molar-refractivity contribution >= 4 is 11.9 Å². The molecule has 0 radical (unpaired) electrons. The second-order valence-corrected chi connectivity index (χ2v) is 6.61. The molecule has 2 heterocycles. The summed E-state index contributed by atoms with van der Waals surface area (Å²) in [5.41, 5.74) is 0.927. The Labute approximate surface area is 140 Å². The number of carboxylic acids is 1. The standard InChI is InChI=1S/C18H22FNO4/c1-11-2-3-12(24-11)4-7-17(21)20-9-8-13-15(10-20)14(18(22)23)5-6-16(13)19/h5-6,11-12H,2-4,7-10H2,1H3,(H,22,23). The molecule has 6 heteroatoms. The number of carbonyl (C=O) groups excluding carboxylic acids is 1. The first-order chi connectivity index (χ1) is 11.5. The average Bonchev–Trinajstić information content (AvgIpc) is 2.97. The van der Waals surface area contributed by atoms with E-state index in [1.54, 1.807) is 4.90 Å². The van der Waals surface area contributed by atoms with Gasteiger partial charge in [-0.1, -0.05) is 0 Å². The topological polar surface area (TPSA) is 66.8 Å². The van der Waals surface area contributed by atoms with Gasteiger partial charge in [0.2, 0.25) is 5.91 Å². The van der Waals surface area contributed by atoms with Crippen LogP contribution in [0.1, 0.15) is 54.1 Å². The minimum absolute atomic E-state index is 0.0237. The van der Waals surface area contributed by atoms with Crippen LogP contribution in [0.25, 0.3) is 0 Å². The molecule has 3 rings (SSSR count). The zero-order valence-corrected chi connectivity index (χ0v) is 13.8. The van der Waals surface area contributed by atoms with E-state index in [0.29, 0.717) is 36.9 Å². The van der Waals surface area contributed by atoms with E-state index in [2.05, 4.69) is 0 Å². The van der Waals surface area contributed by atoms with Crippen LogP contribution in [0.4, 0.5) is 4.39 Å². The monoisotopic (exact) mass is 335 g/mol. The van der Waals surface area contributed by atoms with Gasteiger partial charge in [-0.2, -0.15) is 0 Å². The molecule has 130 valence electrons. The van der Waals surface area contributed by atoms with Gasteiger partial charge in [0.05, 0.1) is 17.8 Å². The molecular formula is C18H22FNO4. The molecule has 1 aromatic rings. The molecule has 2 aliphatic rings. The molecule has 2 aliphatic heterocycles. The van der Waals surface area contributed by atoms with Crippen LogP contribution in [0.15, 0.2) is 12.1 Å². The number of halogens is 1. The van der Waals surface area contributed by atoms with E-state index >= 15 is 0 Å². The Morgan fingerprint density at radius 3 is 2.79 bits per heavy atom. The van der Waals surface area contributed by atoms with Crippen LogP contribution in [-0.4, -0.2) is 40.6 Å². The minimum atomic E-state index is -1.09.